The molecule has 0 saturated heterocycles. The summed E-state index contributed by atoms with van der Waals surface area (Å²) >= 11 is 5.72. The molecule has 0 amide bonds. The zero-order valence-electron chi connectivity index (χ0n) is 5.98. The van der Waals surface area contributed by atoms with E-state index in [1.54, 1.807) is 0 Å². The quantitative estimate of drug-likeness (QED) is 0.653. The van der Waals surface area contributed by atoms with E-state index in [2.05, 4.69) is 15.0 Å². The number of hydrogen-bond donors (Lipinski definition) is 1. The summed E-state index contributed by atoms with van der Waals surface area (Å²) in [6.07, 6.45) is 2.80. The third-order valence-electron chi connectivity index (χ3n) is 1.51. The van der Waals surface area contributed by atoms with E-state index in [9.17, 15) is 0 Å². The molecule has 5 nitrogen and oxygen atoms in total. The van der Waals surface area contributed by atoms with Gasteiger partial charge < -0.3 is 5.11 Å². The Bertz CT molecular complexity index is 413. The molecule has 0 atom stereocenters. The number of aliphatic hydroxyl groups is 1. The van der Waals surface area contributed by atoms with Crippen LogP contribution in [0, 0.1) is 0 Å². The van der Waals surface area contributed by atoms with E-state index >= 15 is 0 Å². The van der Waals surface area contributed by atoms with Crippen molar-refractivity contribution in [3.8, 4) is 0 Å². The summed E-state index contributed by atoms with van der Waals surface area (Å²) < 4.78 is 1.48. The van der Waals surface area contributed by atoms with Gasteiger partial charge in [0.05, 0.1) is 6.33 Å². The molecular weight excluding hydrogens is 180 g/mol. The van der Waals surface area contributed by atoms with Crippen molar-refractivity contribution >= 4 is 22.8 Å². The Labute approximate surface area is 72.7 Å². The van der Waals surface area contributed by atoms with Crippen molar-refractivity contribution in [2.45, 2.75) is 6.73 Å². The summed E-state index contributed by atoms with van der Waals surface area (Å²) in [5, 5.41) is 9.13. The predicted molar refractivity (Wildman–Crippen MR) is 42.6 cm³/mol. The zero-order valence-corrected chi connectivity index (χ0v) is 6.73. The monoisotopic (exact) mass is 184 g/mol. The molecule has 12 heavy (non-hydrogen) atoms. The van der Waals surface area contributed by atoms with Gasteiger partial charge in [-0.05, 0) is 0 Å². The second-order valence-electron chi connectivity index (χ2n) is 2.19. The highest BCUT2D eigenvalue weighted by molar-refractivity contribution is 6.33. The fraction of sp³-hybridized carbons (Fsp3) is 0.167. The van der Waals surface area contributed by atoms with Crippen LogP contribution < -0.4 is 0 Å². The smallest absolute Gasteiger partial charge is 0.166 e. The summed E-state index contributed by atoms with van der Waals surface area (Å²) in [7, 11) is 0. The molecule has 0 saturated carbocycles. The van der Waals surface area contributed by atoms with Crippen LogP contribution >= 0.6 is 11.6 Å². The molecule has 0 aliphatic rings. The molecular formula is C6H5ClN4O. The Morgan fingerprint density at radius 2 is 2.25 bits per heavy atom. The number of hydrogen-bond acceptors (Lipinski definition) is 4. The molecule has 2 aromatic rings. The lowest BCUT2D eigenvalue weighted by Crippen LogP contribution is -1.95. The molecule has 0 fully saturated rings. The Morgan fingerprint density at radius 1 is 1.42 bits per heavy atom. The molecule has 6 heteroatoms. The van der Waals surface area contributed by atoms with Crippen LogP contribution in [0.1, 0.15) is 0 Å². The number of fused-ring (bicyclic) bond motifs is 1. The van der Waals surface area contributed by atoms with Gasteiger partial charge in [0, 0.05) is 0 Å². The largest absolute Gasteiger partial charge is 0.376 e. The van der Waals surface area contributed by atoms with Crippen LogP contribution in [0.4, 0.5) is 0 Å². The molecule has 2 heterocycles. The lowest BCUT2D eigenvalue weighted by molar-refractivity contribution is 0.214. The molecule has 62 valence electrons. The average molecular weight is 185 g/mol. The van der Waals surface area contributed by atoms with Crippen LogP contribution in [0.25, 0.3) is 11.2 Å². The Hall–Kier alpha value is -1.20. The maximum absolute atomic E-state index is 8.83. The number of aromatic nitrogens is 4. The third-order valence-corrected chi connectivity index (χ3v) is 1.79. The van der Waals surface area contributed by atoms with Gasteiger partial charge in [-0.25, -0.2) is 15.0 Å². The molecule has 0 radical (unpaired) electrons. The Morgan fingerprint density at radius 3 is 3.00 bits per heavy atom. The van der Waals surface area contributed by atoms with Gasteiger partial charge in [0.1, 0.15) is 18.6 Å². The number of halogens is 1. The van der Waals surface area contributed by atoms with Crippen LogP contribution in [0.15, 0.2) is 12.7 Å². The summed E-state index contributed by atoms with van der Waals surface area (Å²) in [5.74, 6) is 0. The van der Waals surface area contributed by atoms with E-state index in [1.165, 1.54) is 17.2 Å². The van der Waals surface area contributed by atoms with Crippen molar-refractivity contribution in [3.05, 3.63) is 17.8 Å². The highest BCUT2D eigenvalue weighted by Gasteiger charge is 2.06. The van der Waals surface area contributed by atoms with Crippen LogP contribution in [0.5, 0.6) is 0 Å². The summed E-state index contributed by atoms with van der Waals surface area (Å²) in [6, 6.07) is 0. The highest BCUT2D eigenvalue weighted by atomic mass is 35.5. The second kappa shape index (κ2) is 2.69. The lowest BCUT2D eigenvalue weighted by Gasteiger charge is -1.95. The third kappa shape index (κ3) is 0.945. The van der Waals surface area contributed by atoms with Crippen LogP contribution in [-0.4, -0.2) is 24.6 Å². The molecule has 2 rings (SSSR count). The van der Waals surface area contributed by atoms with Crippen LogP contribution in [-0.2, 0) is 6.73 Å². The van der Waals surface area contributed by atoms with Crippen molar-refractivity contribution in [1.29, 1.82) is 0 Å². The van der Waals surface area contributed by atoms with Gasteiger partial charge >= 0.3 is 0 Å². The maximum atomic E-state index is 8.83. The highest BCUT2D eigenvalue weighted by Crippen LogP contribution is 2.16. The number of nitrogens with zero attached hydrogens (tertiary/aromatic N) is 4. The van der Waals surface area contributed by atoms with E-state index in [4.69, 9.17) is 16.7 Å². The summed E-state index contributed by atoms with van der Waals surface area (Å²) in [6.45, 7) is -0.163. The standard InChI is InChI=1S/C6H5ClN4O/c7-5-4-6(9-1-8-5)11(3-12)2-10-4/h1-2,12H,3H2. The molecule has 0 unspecified atom stereocenters. The lowest BCUT2D eigenvalue weighted by atomic mass is 10.5. The van der Waals surface area contributed by atoms with Gasteiger partial charge in [-0.1, -0.05) is 11.6 Å². The first-order valence-electron chi connectivity index (χ1n) is 3.25. The fourth-order valence-electron chi connectivity index (χ4n) is 0.956. The summed E-state index contributed by atoms with van der Waals surface area (Å²) in [5.41, 5.74) is 1.05. The van der Waals surface area contributed by atoms with Crippen molar-refractivity contribution < 1.29 is 5.11 Å². The first-order chi connectivity index (χ1) is 5.83. The Kier molecular flexibility index (Phi) is 1.67. The van der Waals surface area contributed by atoms with Gasteiger partial charge in [0.25, 0.3) is 0 Å². The molecule has 0 spiro atoms. The van der Waals surface area contributed by atoms with E-state index in [0.29, 0.717) is 16.3 Å². The van der Waals surface area contributed by atoms with Gasteiger partial charge in [-0.3, -0.25) is 4.57 Å². The van der Waals surface area contributed by atoms with Crippen LogP contribution in [0.3, 0.4) is 0 Å². The van der Waals surface area contributed by atoms with Crippen molar-refractivity contribution in [2.75, 3.05) is 0 Å². The normalized spacial score (nSPS) is 10.8. The van der Waals surface area contributed by atoms with Gasteiger partial charge in [0.2, 0.25) is 0 Å². The van der Waals surface area contributed by atoms with Gasteiger partial charge in [0.15, 0.2) is 10.8 Å². The molecule has 0 aromatic carbocycles. The average Bonchev–Trinajstić information content (AvgIpc) is 2.49. The minimum Gasteiger partial charge on any atom is -0.376 e. The second-order valence-corrected chi connectivity index (χ2v) is 2.55. The van der Waals surface area contributed by atoms with E-state index in [0.717, 1.165) is 0 Å². The first kappa shape index (κ1) is 7.45. The van der Waals surface area contributed by atoms with E-state index in [-0.39, 0.29) is 6.73 Å². The molecule has 0 aliphatic carbocycles. The Balaban J connectivity index is 2.80. The topological polar surface area (TPSA) is 63.8 Å². The minimum absolute atomic E-state index is 0.163. The molecule has 0 bridgehead atoms. The summed E-state index contributed by atoms with van der Waals surface area (Å²) in [4.78, 5) is 11.6. The molecule has 0 aliphatic heterocycles. The van der Waals surface area contributed by atoms with Gasteiger partial charge in [-0.15, -0.1) is 0 Å². The number of rotatable bonds is 1. The molecule has 1 N–H and O–H groups in total. The first-order valence-corrected chi connectivity index (χ1v) is 3.63. The van der Waals surface area contributed by atoms with Gasteiger partial charge in [-0.2, -0.15) is 0 Å². The van der Waals surface area contributed by atoms with E-state index in [1.807, 2.05) is 0 Å². The zero-order chi connectivity index (χ0) is 8.55. The van der Waals surface area contributed by atoms with Crippen molar-refractivity contribution in [2.24, 2.45) is 0 Å². The minimum atomic E-state index is -0.163. The SMILES string of the molecule is OCn1cnc2c(Cl)ncnc21. The van der Waals surface area contributed by atoms with E-state index < -0.39 is 0 Å². The maximum Gasteiger partial charge on any atom is 0.166 e. The van der Waals surface area contributed by atoms with Crippen molar-refractivity contribution in [3.63, 3.8) is 0 Å². The molecule has 2 aromatic heterocycles. The fourth-order valence-corrected chi connectivity index (χ4v) is 1.13. The van der Waals surface area contributed by atoms with Crippen molar-refractivity contribution in [1.82, 2.24) is 19.5 Å². The predicted octanol–water partition coefficient (Wildman–Crippen LogP) is 0.429. The van der Waals surface area contributed by atoms with Crippen LogP contribution in [0.2, 0.25) is 5.15 Å². The number of aliphatic hydroxyl groups excluding tert-OH is 1. The number of imidazole rings is 1.